The van der Waals surface area contributed by atoms with Gasteiger partial charge in [0.2, 0.25) is 5.91 Å². The highest BCUT2D eigenvalue weighted by molar-refractivity contribution is 5.74. The van der Waals surface area contributed by atoms with Crippen LogP contribution in [0.1, 0.15) is 72.6 Å². The zero-order chi connectivity index (χ0) is 18.6. The first-order valence-electron chi connectivity index (χ1n) is 9.71. The summed E-state index contributed by atoms with van der Waals surface area (Å²) in [6.07, 6.45) is 6.82. The van der Waals surface area contributed by atoms with E-state index in [1.807, 2.05) is 32.6 Å². The number of rotatable bonds is 5. The van der Waals surface area contributed by atoms with Crippen molar-refractivity contribution in [1.29, 1.82) is 0 Å². The molecule has 1 aliphatic heterocycles. The van der Waals surface area contributed by atoms with Crippen LogP contribution in [0.4, 0.5) is 4.79 Å². The van der Waals surface area contributed by atoms with E-state index in [1.54, 1.807) is 0 Å². The normalized spacial score (nSPS) is 28.6. The molecular formula is C19H35N3O3. The quantitative estimate of drug-likeness (QED) is 0.796. The summed E-state index contributed by atoms with van der Waals surface area (Å²) >= 11 is 0. The van der Waals surface area contributed by atoms with Gasteiger partial charge in [0.15, 0.2) is 0 Å². The number of carbonyl (C=O) groups is 2. The van der Waals surface area contributed by atoms with Crippen LogP contribution in [0.2, 0.25) is 0 Å². The molecule has 25 heavy (non-hydrogen) atoms. The molecule has 1 heterocycles. The fraction of sp³-hybridized carbons (Fsp3) is 0.895. The molecule has 4 atom stereocenters. The van der Waals surface area contributed by atoms with Crippen molar-refractivity contribution in [2.24, 2.45) is 11.7 Å². The number of nitrogens with one attached hydrogen (secondary N) is 1. The molecule has 0 spiro atoms. The minimum atomic E-state index is -0.468. The zero-order valence-electron chi connectivity index (χ0n) is 16.2. The van der Waals surface area contributed by atoms with Crippen molar-refractivity contribution in [2.75, 3.05) is 6.54 Å². The van der Waals surface area contributed by atoms with Crippen LogP contribution < -0.4 is 11.1 Å². The van der Waals surface area contributed by atoms with Crippen LogP contribution in [0, 0.1) is 5.92 Å². The Morgan fingerprint density at radius 2 is 1.88 bits per heavy atom. The molecule has 2 aliphatic rings. The third-order valence-electron chi connectivity index (χ3n) is 5.25. The number of nitrogens with zero attached hydrogens (tertiary/aromatic N) is 1. The van der Waals surface area contributed by atoms with Gasteiger partial charge in [-0.2, -0.15) is 0 Å². The number of hydrogen-bond acceptors (Lipinski definition) is 4. The summed E-state index contributed by atoms with van der Waals surface area (Å²) in [7, 11) is 0. The maximum absolute atomic E-state index is 12.6. The van der Waals surface area contributed by atoms with Gasteiger partial charge in [-0.1, -0.05) is 12.8 Å². The Bertz CT molecular complexity index is 475. The number of hydrogen-bond donors (Lipinski definition) is 2. The van der Waals surface area contributed by atoms with Gasteiger partial charge >= 0.3 is 6.09 Å². The fourth-order valence-electron chi connectivity index (χ4n) is 4.34. The highest BCUT2D eigenvalue weighted by atomic mass is 16.6. The first-order chi connectivity index (χ1) is 11.7. The van der Waals surface area contributed by atoms with Gasteiger partial charge in [-0.25, -0.2) is 4.79 Å². The lowest BCUT2D eigenvalue weighted by Gasteiger charge is -2.41. The molecule has 4 unspecified atom stereocenters. The predicted molar refractivity (Wildman–Crippen MR) is 98.1 cm³/mol. The Labute approximate surface area is 151 Å². The molecule has 6 nitrogen and oxygen atoms in total. The first-order valence-corrected chi connectivity index (χ1v) is 9.71. The first kappa shape index (κ1) is 20.0. The lowest BCUT2D eigenvalue weighted by atomic mass is 9.78. The standard InChI is InChI=1S/C19H35N3O3/c1-13(12-17(20)23)21-15-9-6-5-8-14(15)16-10-7-11-22(16)18(24)25-19(2,3)4/h13-16,21H,5-12H2,1-4H3,(H2,20,23). The van der Waals surface area contributed by atoms with Crippen molar-refractivity contribution in [3.8, 4) is 0 Å². The molecule has 1 saturated heterocycles. The second-order valence-electron chi connectivity index (χ2n) is 8.68. The lowest BCUT2D eigenvalue weighted by molar-refractivity contribution is -0.118. The average molecular weight is 354 g/mol. The molecule has 2 fully saturated rings. The fourth-order valence-corrected chi connectivity index (χ4v) is 4.34. The summed E-state index contributed by atoms with van der Waals surface area (Å²) in [5.74, 6) is 0.141. The Morgan fingerprint density at radius 3 is 2.52 bits per heavy atom. The molecule has 0 aromatic heterocycles. The topological polar surface area (TPSA) is 84.7 Å². The van der Waals surface area contributed by atoms with Gasteiger partial charge in [0, 0.05) is 31.1 Å². The van der Waals surface area contributed by atoms with E-state index in [1.165, 1.54) is 12.8 Å². The third kappa shape index (κ3) is 5.87. The second kappa shape index (κ2) is 8.39. The van der Waals surface area contributed by atoms with E-state index < -0.39 is 5.60 Å². The Morgan fingerprint density at radius 1 is 1.20 bits per heavy atom. The summed E-state index contributed by atoms with van der Waals surface area (Å²) < 4.78 is 5.62. The zero-order valence-corrected chi connectivity index (χ0v) is 16.2. The van der Waals surface area contributed by atoms with Crippen LogP contribution in [-0.2, 0) is 9.53 Å². The van der Waals surface area contributed by atoms with Crippen molar-refractivity contribution in [3.63, 3.8) is 0 Å². The second-order valence-corrected chi connectivity index (χ2v) is 8.68. The van der Waals surface area contributed by atoms with Crippen LogP contribution in [0.25, 0.3) is 0 Å². The summed E-state index contributed by atoms with van der Waals surface area (Å²) in [5, 5.41) is 3.61. The average Bonchev–Trinajstić information content (AvgIpc) is 2.94. The molecule has 0 aromatic rings. The third-order valence-corrected chi connectivity index (χ3v) is 5.25. The Balaban J connectivity index is 2.04. The molecule has 0 radical (unpaired) electrons. The minimum absolute atomic E-state index is 0.0690. The van der Waals surface area contributed by atoms with Crippen LogP contribution in [0.15, 0.2) is 0 Å². The van der Waals surface area contributed by atoms with Crippen LogP contribution in [0.5, 0.6) is 0 Å². The monoisotopic (exact) mass is 353 g/mol. The number of carbonyl (C=O) groups excluding carboxylic acids is 2. The van der Waals surface area contributed by atoms with Gasteiger partial charge in [-0.05, 0) is 59.3 Å². The summed E-state index contributed by atoms with van der Waals surface area (Å²) in [6, 6.07) is 0.629. The van der Waals surface area contributed by atoms with E-state index in [2.05, 4.69) is 5.32 Å². The molecule has 0 aromatic carbocycles. The van der Waals surface area contributed by atoms with Gasteiger partial charge in [-0.3, -0.25) is 4.79 Å². The van der Waals surface area contributed by atoms with E-state index in [0.717, 1.165) is 32.2 Å². The number of primary amides is 1. The van der Waals surface area contributed by atoms with E-state index in [-0.39, 0.29) is 24.1 Å². The SMILES string of the molecule is CC(CC(N)=O)NC1CCCCC1C1CCCN1C(=O)OC(C)(C)C. The van der Waals surface area contributed by atoms with Gasteiger partial charge in [0.1, 0.15) is 5.60 Å². The van der Waals surface area contributed by atoms with Gasteiger partial charge in [-0.15, -0.1) is 0 Å². The van der Waals surface area contributed by atoms with Gasteiger partial charge < -0.3 is 20.7 Å². The molecule has 1 saturated carbocycles. The largest absolute Gasteiger partial charge is 0.444 e. The van der Waals surface area contributed by atoms with E-state index in [9.17, 15) is 9.59 Å². The molecule has 3 N–H and O–H groups in total. The maximum atomic E-state index is 12.6. The number of amides is 2. The maximum Gasteiger partial charge on any atom is 0.410 e. The van der Waals surface area contributed by atoms with E-state index in [0.29, 0.717) is 18.4 Å². The molecule has 1 aliphatic carbocycles. The molecule has 6 heteroatoms. The van der Waals surface area contributed by atoms with Crippen molar-refractivity contribution in [1.82, 2.24) is 10.2 Å². The van der Waals surface area contributed by atoms with Crippen molar-refractivity contribution in [3.05, 3.63) is 0 Å². The predicted octanol–water partition coefficient (Wildman–Crippen LogP) is 2.80. The van der Waals surface area contributed by atoms with Crippen molar-refractivity contribution in [2.45, 2.75) is 96.4 Å². The van der Waals surface area contributed by atoms with Crippen molar-refractivity contribution >= 4 is 12.0 Å². The van der Waals surface area contributed by atoms with Crippen LogP contribution in [0.3, 0.4) is 0 Å². The summed E-state index contributed by atoms with van der Waals surface area (Å²) in [4.78, 5) is 25.7. The molecular weight excluding hydrogens is 318 g/mol. The van der Waals surface area contributed by atoms with Crippen LogP contribution in [-0.4, -0.2) is 47.2 Å². The van der Waals surface area contributed by atoms with Crippen LogP contribution >= 0.6 is 0 Å². The smallest absolute Gasteiger partial charge is 0.410 e. The minimum Gasteiger partial charge on any atom is -0.444 e. The molecule has 2 rings (SSSR count). The number of nitrogens with two attached hydrogens (primary N) is 1. The Kier molecular flexibility index (Phi) is 6.72. The number of ether oxygens (including phenoxy) is 1. The van der Waals surface area contributed by atoms with Crippen molar-refractivity contribution < 1.29 is 14.3 Å². The molecule has 2 amide bonds. The highest BCUT2D eigenvalue weighted by Gasteiger charge is 2.41. The summed E-state index contributed by atoms with van der Waals surface area (Å²) in [6.45, 7) is 8.52. The van der Waals surface area contributed by atoms with E-state index in [4.69, 9.17) is 10.5 Å². The number of likely N-dealkylation sites (tertiary alicyclic amines) is 1. The van der Waals surface area contributed by atoms with E-state index >= 15 is 0 Å². The molecule has 144 valence electrons. The van der Waals surface area contributed by atoms with Gasteiger partial charge in [0.25, 0.3) is 0 Å². The van der Waals surface area contributed by atoms with Gasteiger partial charge in [0.05, 0.1) is 0 Å². The molecule has 0 bridgehead atoms. The highest BCUT2D eigenvalue weighted by Crippen LogP contribution is 2.35. The Hall–Kier alpha value is -1.30. The lowest BCUT2D eigenvalue weighted by Crippen LogP contribution is -2.52. The summed E-state index contributed by atoms with van der Waals surface area (Å²) in [5.41, 5.74) is 4.86.